The predicted octanol–water partition coefficient (Wildman–Crippen LogP) is 1.10. The second-order valence-corrected chi connectivity index (χ2v) is 5.12. The third-order valence-corrected chi connectivity index (χ3v) is 3.73. The van der Waals surface area contributed by atoms with Crippen molar-refractivity contribution in [2.45, 2.75) is 45.2 Å². The van der Waals surface area contributed by atoms with Crippen molar-refractivity contribution in [3.63, 3.8) is 0 Å². The quantitative estimate of drug-likeness (QED) is 0.786. The highest BCUT2D eigenvalue weighted by Crippen LogP contribution is 2.40. The van der Waals surface area contributed by atoms with E-state index >= 15 is 0 Å². The highest BCUT2D eigenvalue weighted by molar-refractivity contribution is 5.88. The molecule has 122 valence electrons. The standard InChI is InChI=1S/C15H21NO6/c1-4-6-21-13(17)11-7-10-9(12(16-11)20-3)8-22-14(18)15(10,19)5-2/h7,14,18-19H,4-6,8H2,1-3H3/t14?,15-/m0/s1. The van der Waals surface area contributed by atoms with Crippen LogP contribution in [0.3, 0.4) is 0 Å². The summed E-state index contributed by atoms with van der Waals surface area (Å²) in [6, 6.07) is 1.44. The summed E-state index contributed by atoms with van der Waals surface area (Å²) in [7, 11) is 1.42. The fourth-order valence-electron chi connectivity index (χ4n) is 2.41. The zero-order valence-corrected chi connectivity index (χ0v) is 13.0. The first-order chi connectivity index (χ1) is 10.5. The first kappa shape index (κ1) is 16.7. The minimum atomic E-state index is -1.62. The van der Waals surface area contributed by atoms with Gasteiger partial charge in [0.1, 0.15) is 5.60 Å². The molecule has 2 atom stereocenters. The molecule has 0 saturated heterocycles. The summed E-state index contributed by atoms with van der Waals surface area (Å²) in [6.07, 6.45) is -0.478. The Morgan fingerprint density at radius 1 is 1.55 bits per heavy atom. The molecular weight excluding hydrogens is 290 g/mol. The number of rotatable bonds is 5. The van der Waals surface area contributed by atoms with Gasteiger partial charge in [-0.1, -0.05) is 13.8 Å². The second-order valence-electron chi connectivity index (χ2n) is 5.12. The van der Waals surface area contributed by atoms with Crippen LogP contribution in [-0.4, -0.2) is 41.2 Å². The number of aliphatic hydroxyl groups is 2. The van der Waals surface area contributed by atoms with Gasteiger partial charge in [-0.15, -0.1) is 0 Å². The summed E-state index contributed by atoms with van der Waals surface area (Å²) in [6.45, 7) is 3.92. The van der Waals surface area contributed by atoms with E-state index in [1.54, 1.807) is 6.92 Å². The van der Waals surface area contributed by atoms with Gasteiger partial charge in [0.2, 0.25) is 5.88 Å². The van der Waals surface area contributed by atoms with E-state index in [9.17, 15) is 15.0 Å². The lowest BCUT2D eigenvalue weighted by molar-refractivity contribution is -0.236. The molecule has 0 aliphatic carbocycles. The molecule has 0 amide bonds. The van der Waals surface area contributed by atoms with Crippen molar-refractivity contribution in [2.24, 2.45) is 0 Å². The van der Waals surface area contributed by atoms with Crippen LogP contribution in [-0.2, 0) is 21.7 Å². The molecule has 0 spiro atoms. The van der Waals surface area contributed by atoms with Gasteiger partial charge in [-0.3, -0.25) is 0 Å². The average molecular weight is 311 g/mol. The summed E-state index contributed by atoms with van der Waals surface area (Å²) in [5, 5.41) is 20.7. The van der Waals surface area contributed by atoms with Crippen molar-refractivity contribution in [2.75, 3.05) is 13.7 Å². The largest absolute Gasteiger partial charge is 0.481 e. The van der Waals surface area contributed by atoms with Gasteiger partial charge in [0, 0.05) is 11.1 Å². The molecule has 0 radical (unpaired) electrons. The molecule has 2 rings (SSSR count). The number of aliphatic hydroxyl groups excluding tert-OH is 1. The summed E-state index contributed by atoms with van der Waals surface area (Å²) in [4.78, 5) is 16.1. The summed E-state index contributed by atoms with van der Waals surface area (Å²) < 4.78 is 15.4. The van der Waals surface area contributed by atoms with Crippen molar-refractivity contribution in [3.05, 3.63) is 22.9 Å². The molecule has 1 unspecified atom stereocenters. The number of pyridine rings is 1. The molecule has 0 saturated carbocycles. The maximum absolute atomic E-state index is 12.0. The summed E-state index contributed by atoms with van der Waals surface area (Å²) in [5.74, 6) is -0.415. The molecule has 1 aliphatic heterocycles. The van der Waals surface area contributed by atoms with Gasteiger partial charge in [-0.25, -0.2) is 9.78 Å². The normalized spacial score (nSPS) is 23.8. The fraction of sp³-hybridized carbons (Fsp3) is 0.600. The van der Waals surface area contributed by atoms with E-state index in [-0.39, 0.29) is 31.2 Å². The minimum Gasteiger partial charge on any atom is -0.481 e. The maximum Gasteiger partial charge on any atom is 0.357 e. The van der Waals surface area contributed by atoms with Crippen molar-refractivity contribution >= 4 is 5.97 Å². The Balaban J connectivity index is 2.51. The zero-order chi connectivity index (χ0) is 16.3. The van der Waals surface area contributed by atoms with Gasteiger partial charge >= 0.3 is 5.97 Å². The molecule has 1 aromatic rings. The van der Waals surface area contributed by atoms with E-state index in [4.69, 9.17) is 14.2 Å². The Kier molecular flexibility index (Phi) is 5.00. The topological polar surface area (TPSA) is 98.1 Å². The highest BCUT2D eigenvalue weighted by atomic mass is 16.6. The van der Waals surface area contributed by atoms with E-state index in [0.717, 1.165) is 0 Å². The van der Waals surface area contributed by atoms with Crippen LogP contribution in [0.1, 0.15) is 48.3 Å². The second kappa shape index (κ2) is 6.60. The number of ether oxygens (including phenoxy) is 3. The van der Waals surface area contributed by atoms with Gasteiger partial charge in [0.05, 0.1) is 20.3 Å². The number of esters is 1. The van der Waals surface area contributed by atoms with Gasteiger partial charge in [0.25, 0.3) is 0 Å². The molecule has 7 heteroatoms. The van der Waals surface area contributed by atoms with Crippen molar-refractivity contribution in [3.8, 4) is 5.88 Å². The number of aromatic nitrogens is 1. The smallest absolute Gasteiger partial charge is 0.357 e. The van der Waals surface area contributed by atoms with Gasteiger partial charge in [0.15, 0.2) is 12.0 Å². The highest BCUT2D eigenvalue weighted by Gasteiger charge is 2.44. The molecule has 0 aromatic carbocycles. The number of carbonyl (C=O) groups excluding carboxylic acids is 1. The predicted molar refractivity (Wildman–Crippen MR) is 76.3 cm³/mol. The van der Waals surface area contributed by atoms with Gasteiger partial charge in [-0.2, -0.15) is 0 Å². The minimum absolute atomic E-state index is 0.0324. The number of fused-ring (bicyclic) bond motifs is 1. The van der Waals surface area contributed by atoms with Crippen LogP contribution in [0.4, 0.5) is 0 Å². The first-order valence-electron chi connectivity index (χ1n) is 7.25. The van der Waals surface area contributed by atoms with Gasteiger partial charge in [-0.05, 0) is 18.9 Å². The van der Waals surface area contributed by atoms with E-state index in [1.165, 1.54) is 13.2 Å². The van der Waals surface area contributed by atoms with Crippen LogP contribution in [0.25, 0.3) is 0 Å². The molecule has 1 aliphatic rings. The van der Waals surface area contributed by atoms with Crippen molar-refractivity contribution in [1.29, 1.82) is 0 Å². The number of hydrogen-bond donors (Lipinski definition) is 2. The van der Waals surface area contributed by atoms with Crippen LogP contribution < -0.4 is 4.74 Å². The Morgan fingerprint density at radius 3 is 2.86 bits per heavy atom. The lowest BCUT2D eigenvalue weighted by Crippen LogP contribution is -2.45. The SMILES string of the molecule is CCCOC(=O)c1cc2c(c(OC)n1)COC(O)[C@]2(O)CC. The molecule has 7 nitrogen and oxygen atoms in total. The van der Waals surface area contributed by atoms with E-state index < -0.39 is 17.9 Å². The van der Waals surface area contributed by atoms with E-state index in [0.29, 0.717) is 17.5 Å². The summed E-state index contributed by atoms with van der Waals surface area (Å²) >= 11 is 0. The monoisotopic (exact) mass is 311 g/mol. The zero-order valence-electron chi connectivity index (χ0n) is 13.0. The molecular formula is C15H21NO6. The van der Waals surface area contributed by atoms with Crippen molar-refractivity contribution in [1.82, 2.24) is 4.98 Å². The number of methoxy groups -OCH3 is 1. The Bertz CT molecular complexity index is 561. The van der Waals surface area contributed by atoms with Crippen LogP contribution in [0.15, 0.2) is 6.07 Å². The average Bonchev–Trinajstić information content (AvgIpc) is 2.55. The van der Waals surface area contributed by atoms with Crippen LogP contribution in [0, 0.1) is 0 Å². The Hall–Kier alpha value is -1.70. The lowest BCUT2D eigenvalue weighted by Gasteiger charge is -2.38. The number of carbonyl (C=O) groups is 1. The number of hydrogen-bond acceptors (Lipinski definition) is 7. The van der Waals surface area contributed by atoms with E-state index in [1.807, 2.05) is 6.92 Å². The van der Waals surface area contributed by atoms with Gasteiger partial charge < -0.3 is 24.4 Å². The molecule has 2 heterocycles. The molecule has 22 heavy (non-hydrogen) atoms. The maximum atomic E-state index is 12.0. The van der Waals surface area contributed by atoms with Crippen molar-refractivity contribution < 1.29 is 29.2 Å². The van der Waals surface area contributed by atoms with Crippen LogP contribution >= 0.6 is 0 Å². The first-order valence-corrected chi connectivity index (χ1v) is 7.25. The van der Waals surface area contributed by atoms with Crippen LogP contribution in [0.2, 0.25) is 0 Å². The Morgan fingerprint density at radius 2 is 2.27 bits per heavy atom. The third-order valence-electron chi connectivity index (χ3n) is 3.73. The lowest BCUT2D eigenvalue weighted by atomic mass is 9.85. The number of nitrogens with zero attached hydrogens (tertiary/aromatic N) is 1. The third kappa shape index (κ3) is 2.79. The molecule has 0 fully saturated rings. The van der Waals surface area contributed by atoms with Crippen LogP contribution in [0.5, 0.6) is 5.88 Å². The Labute approximate surface area is 128 Å². The molecule has 0 bridgehead atoms. The van der Waals surface area contributed by atoms with E-state index in [2.05, 4.69) is 4.98 Å². The molecule has 1 aromatic heterocycles. The summed E-state index contributed by atoms with van der Waals surface area (Å²) in [5.41, 5.74) is -0.692. The fourth-order valence-corrected chi connectivity index (χ4v) is 2.41. The molecule has 2 N–H and O–H groups in total.